The molecule has 10 heteroatoms. The topological polar surface area (TPSA) is 95.6 Å². The molecule has 7 nitrogen and oxygen atoms in total. The number of thioether (sulfide) groups is 1. The molecule has 42 heavy (non-hydrogen) atoms. The predicted octanol–water partition coefficient (Wildman–Crippen LogP) is 4.61. The van der Waals surface area contributed by atoms with Crippen molar-refractivity contribution in [1.82, 2.24) is 15.5 Å². The number of rotatable bonds is 8. The molecule has 226 valence electrons. The zero-order valence-corrected chi connectivity index (χ0v) is 25.9. The first kappa shape index (κ1) is 33.3. The smallest absolute Gasteiger partial charge is 0.251 e. The molecule has 0 atom stereocenters. The quantitative estimate of drug-likeness (QED) is 0.361. The maximum Gasteiger partial charge on any atom is 0.251 e. The molecule has 0 radical (unpaired) electrons. The van der Waals surface area contributed by atoms with Crippen molar-refractivity contribution in [1.29, 1.82) is 0 Å². The van der Waals surface area contributed by atoms with Crippen molar-refractivity contribution in [3.63, 3.8) is 0 Å². The molecule has 0 spiro atoms. The van der Waals surface area contributed by atoms with Gasteiger partial charge in [-0.1, -0.05) is 54.6 Å². The molecule has 5 rings (SSSR count). The van der Waals surface area contributed by atoms with E-state index in [4.69, 9.17) is 0 Å². The molecular weight excluding hydrogens is 574 g/mol. The molecule has 3 aromatic carbocycles. The monoisotopic (exact) mass is 613 g/mol. The van der Waals surface area contributed by atoms with E-state index in [2.05, 4.69) is 16.9 Å². The maximum absolute atomic E-state index is 12.4. The summed E-state index contributed by atoms with van der Waals surface area (Å²) in [5.41, 5.74) is 3.84. The molecule has 2 aliphatic rings. The second-order valence-electron chi connectivity index (χ2n) is 10.1. The number of nitrogens with one attached hydrogen (secondary N) is 2. The SMILES string of the molecule is CNCCSC.Fc1ccc(C2CC2)cc1.O=C(NCC(=O)N1CCS(=O)(=O)CC1)c1ccc(-c2ccccc2)cc1. The normalized spacial score (nSPS) is 15.4. The Morgan fingerprint density at radius 3 is 2.02 bits per heavy atom. The number of carbonyl (C=O) groups is 2. The van der Waals surface area contributed by atoms with Crippen LogP contribution >= 0.6 is 11.8 Å². The number of sulfone groups is 1. The van der Waals surface area contributed by atoms with E-state index in [9.17, 15) is 22.4 Å². The van der Waals surface area contributed by atoms with Gasteiger partial charge in [-0.05, 0) is 73.0 Å². The molecular formula is C32H40FN3O4S2. The van der Waals surface area contributed by atoms with E-state index in [0.717, 1.165) is 23.6 Å². The highest BCUT2D eigenvalue weighted by atomic mass is 32.2. The number of nitrogens with zero attached hydrogens (tertiary/aromatic N) is 1. The van der Waals surface area contributed by atoms with Crippen LogP contribution in [0.5, 0.6) is 0 Å². The van der Waals surface area contributed by atoms with Gasteiger partial charge in [-0.3, -0.25) is 9.59 Å². The van der Waals surface area contributed by atoms with Crippen LogP contribution in [0, 0.1) is 5.82 Å². The summed E-state index contributed by atoms with van der Waals surface area (Å²) in [6.07, 6.45) is 4.68. The van der Waals surface area contributed by atoms with Crippen LogP contribution in [0.1, 0.15) is 34.7 Å². The molecule has 2 fully saturated rings. The highest BCUT2D eigenvalue weighted by Gasteiger charge is 2.25. The van der Waals surface area contributed by atoms with E-state index in [0.29, 0.717) is 5.56 Å². The minimum atomic E-state index is -3.03. The summed E-state index contributed by atoms with van der Waals surface area (Å²) in [4.78, 5) is 25.8. The summed E-state index contributed by atoms with van der Waals surface area (Å²) in [7, 11) is -1.06. The number of amides is 2. The second kappa shape index (κ2) is 17.0. The largest absolute Gasteiger partial charge is 0.343 e. The molecule has 1 saturated carbocycles. The Labute approximate surface area is 253 Å². The van der Waals surface area contributed by atoms with E-state index in [1.807, 2.05) is 73.4 Å². The van der Waals surface area contributed by atoms with Crippen molar-refractivity contribution in [3.05, 3.63) is 95.8 Å². The Kier molecular flexibility index (Phi) is 13.5. The lowest BCUT2D eigenvalue weighted by Crippen LogP contribution is -2.47. The lowest BCUT2D eigenvalue weighted by molar-refractivity contribution is -0.129. The van der Waals surface area contributed by atoms with Gasteiger partial charge >= 0.3 is 0 Å². The molecule has 0 bridgehead atoms. The van der Waals surface area contributed by atoms with Crippen LogP contribution in [0.4, 0.5) is 4.39 Å². The molecule has 0 aromatic heterocycles. The van der Waals surface area contributed by atoms with Gasteiger partial charge in [-0.25, -0.2) is 12.8 Å². The summed E-state index contributed by atoms with van der Waals surface area (Å²) < 4.78 is 35.2. The van der Waals surface area contributed by atoms with E-state index in [1.165, 1.54) is 41.2 Å². The number of carbonyl (C=O) groups excluding carboxylic acids is 2. The average molecular weight is 614 g/mol. The van der Waals surface area contributed by atoms with Gasteiger partial charge in [0.1, 0.15) is 5.82 Å². The Morgan fingerprint density at radius 1 is 0.905 bits per heavy atom. The van der Waals surface area contributed by atoms with Gasteiger partial charge in [-0.15, -0.1) is 0 Å². The summed E-state index contributed by atoms with van der Waals surface area (Å²) in [5, 5.41) is 5.64. The zero-order chi connectivity index (χ0) is 30.4. The lowest BCUT2D eigenvalue weighted by atomic mass is 10.0. The van der Waals surface area contributed by atoms with Crippen LogP contribution in [0.3, 0.4) is 0 Å². The second-order valence-corrected chi connectivity index (χ2v) is 13.4. The van der Waals surface area contributed by atoms with E-state index in [1.54, 1.807) is 12.1 Å². The van der Waals surface area contributed by atoms with Crippen molar-refractivity contribution in [2.75, 3.05) is 56.7 Å². The third kappa shape index (κ3) is 11.6. The van der Waals surface area contributed by atoms with Gasteiger partial charge in [-0.2, -0.15) is 11.8 Å². The minimum absolute atomic E-state index is 0.0202. The molecule has 0 unspecified atom stereocenters. The predicted molar refractivity (Wildman–Crippen MR) is 170 cm³/mol. The van der Waals surface area contributed by atoms with Crippen LogP contribution in [0.15, 0.2) is 78.9 Å². The van der Waals surface area contributed by atoms with E-state index < -0.39 is 9.84 Å². The fourth-order valence-corrected chi connectivity index (χ4v) is 5.74. The highest BCUT2D eigenvalue weighted by molar-refractivity contribution is 7.98. The molecule has 1 heterocycles. The Bertz CT molecular complexity index is 1350. The molecule has 1 saturated heterocycles. The van der Waals surface area contributed by atoms with Crippen LogP contribution < -0.4 is 10.6 Å². The fourth-order valence-electron chi connectivity index (χ4n) is 4.13. The Morgan fingerprint density at radius 2 is 1.50 bits per heavy atom. The van der Waals surface area contributed by atoms with Crippen LogP contribution in [0.25, 0.3) is 11.1 Å². The average Bonchev–Trinajstić information content (AvgIpc) is 3.86. The van der Waals surface area contributed by atoms with Crippen LogP contribution in [-0.4, -0.2) is 81.9 Å². The first-order valence-electron chi connectivity index (χ1n) is 14.0. The summed E-state index contributed by atoms with van der Waals surface area (Å²) in [6.45, 7) is 1.35. The maximum atomic E-state index is 12.4. The minimum Gasteiger partial charge on any atom is -0.343 e. The van der Waals surface area contributed by atoms with Gasteiger partial charge in [0.15, 0.2) is 9.84 Å². The van der Waals surface area contributed by atoms with Crippen LogP contribution in [0.2, 0.25) is 0 Å². The first-order chi connectivity index (χ1) is 20.2. The van der Waals surface area contributed by atoms with Crippen molar-refractivity contribution < 1.29 is 22.4 Å². The van der Waals surface area contributed by atoms with Crippen LogP contribution in [-0.2, 0) is 14.6 Å². The van der Waals surface area contributed by atoms with Gasteiger partial charge in [0.05, 0.1) is 18.1 Å². The number of hydrogen-bond acceptors (Lipinski definition) is 6. The Balaban J connectivity index is 0.000000246. The molecule has 3 aromatic rings. The van der Waals surface area contributed by atoms with E-state index in [-0.39, 0.29) is 48.8 Å². The molecule has 1 aliphatic heterocycles. The highest BCUT2D eigenvalue weighted by Crippen LogP contribution is 2.39. The zero-order valence-electron chi connectivity index (χ0n) is 24.2. The number of hydrogen-bond donors (Lipinski definition) is 2. The van der Waals surface area contributed by atoms with Gasteiger partial charge < -0.3 is 15.5 Å². The van der Waals surface area contributed by atoms with Crippen molar-refractivity contribution in [3.8, 4) is 11.1 Å². The molecule has 2 amide bonds. The van der Waals surface area contributed by atoms with Crippen molar-refractivity contribution in [2.24, 2.45) is 0 Å². The first-order valence-corrected chi connectivity index (χ1v) is 17.2. The summed E-state index contributed by atoms with van der Waals surface area (Å²) in [6, 6.07) is 23.8. The van der Waals surface area contributed by atoms with Crippen molar-refractivity contribution >= 4 is 33.4 Å². The third-order valence-electron chi connectivity index (χ3n) is 6.83. The molecule has 1 aliphatic carbocycles. The summed E-state index contributed by atoms with van der Waals surface area (Å²) in [5.74, 6) is 1.18. The van der Waals surface area contributed by atoms with E-state index >= 15 is 0 Å². The third-order valence-corrected chi connectivity index (χ3v) is 9.05. The fraction of sp³-hybridized carbons (Fsp3) is 0.375. The number of halogens is 1. The lowest BCUT2D eigenvalue weighted by Gasteiger charge is -2.26. The van der Waals surface area contributed by atoms with Gasteiger partial charge in [0.2, 0.25) is 5.91 Å². The van der Waals surface area contributed by atoms with Crippen molar-refractivity contribution in [2.45, 2.75) is 18.8 Å². The Hall–Kier alpha value is -3.21. The summed E-state index contributed by atoms with van der Waals surface area (Å²) >= 11 is 1.86. The standard InChI is InChI=1S/C19H20N2O4S.C9H9F.C4H11NS/c22-18(21-10-12-26(24,25)13-11-21)14-20-19(23)17-8-6-16(7-9-17)15-4-2-1-3-5-15;10-9-5-3-8(4-6-9)7-1-2-7;1-5-3-4-6-2/h1-9H,10-14H2,(H,20,23);3-7H,1-2H2;5H,3-4H2,1-2H3. The molecule has 2 N–H and O–H groups in total. The number of benzene rings is 3. The van der Waals surface area contributed by atoms with Gasteiger partial charge in [0.25, 0.3) is 5.91 Å². The van der Waals surface area contributed by atoms with Gasteiger partial charge in [0, 0.05) is 31.0 Å².